The number of benzene rings is 1. The summed E-state index contributed by atoms with van der Waals surface area (Å²) >= 11 is 0. The van der Waals surface area contributed by atoms with Crippen LogP contribution >= 0.6 is 0 Å². The molecule has 0 amide bonds. The van der Waals surface area contributed by atoms with Crippen LogP contribution in [0.15, 0.2) is 41.0 Å². The van der Waals surface area contributed by atoms with Gasteiger partial charge in [-0.2, -0.15) is 0 Å². The fourth-order valence-corrected chi connectivity index (χ4v) is 1.63. The van der Waals surface area contributed by atoms with Crippen LogP contribution in [0.4, 0.5) is 11.4 Å². The molecule has 0 aliphatic carbocycles. The summed E-state index contributed by atoms with van der Waals surface area (Å²) in [6, 6.07) is 9.43. The molecule has 1 aromatic heterocycles. The van der Waals surface area contributed by atoms with Crippen molar-refractivity contribution in [1.82, 2.24) is 0 Å². The van der Waals surface area contributed by atoms with E-state index in [-0.39, 0.29) is 0 Å². The predicted octanol–water partition coefficient (Wildman–Crippen LogP) is 3.26. The third kappa shape index (κ3) is 3.45. The van der Waals surface area contributed by atoms with Gasteiger partial charge in [-0.15, -0.1) is 0 Å². The zero-order valence-corrected chi connectivity index (χ0v) is 10.5. The van der Waals surface area contributed by atoms with Gasteiger partial charge in [-0.05, 0) is 24.6 Å². The Morgan fingerprint density at radius 2 is 2.22 bits per heavy atom. The van der Waals surface area contributed by atoms with E-state index in [0.717, 1.165) is 23.6 Å². The molecule has 2 rings (SSSR count). The number of nitrogens with two attached hydrogens (primary N) is 1. The summed E-state index contributed by atoms with van der Waals surface area (Å²) in [7, 11) is 0. The summed E-state index contributed by atoms with van der Waals surface area (Å²) in [5.41, 5.74) is 7.45. The molecule has 1 heterocycles. The molecule has 0 fully saturated rings. The lowest BCUT2D eigenvalue weighted by molar-refractivity contribution is 0.318. The molecule has 2 aromatic rings. The minimum absolute atomic E-state index is 0.629. The van der Waals surface area contributed by atoms with Crippen molar-refractivity contribution in [2.24, 2.45) is 0 Å². The van der Waals surface area contributed by atoms with Crippen LogP contribution in [0.3, 0.4) is 0 Å². The number of rotatable bonds is 6. The smallest absolute Gasteiger partial charge is 0.123 e. The van der Waals surface area contributed by atoms with E-state index in [4.69, 9.17) is 14.9 Å². The maximum absolute atomic E-state index is 5.84. The number of furan rings is 1. The molecule has 0 bridgehead atoms. The second-order valence-corrected chi connectivity index (χ2v) is 4.07. The van der Waals surface area contributed by atoms with E-state index in [9.17, 15) is 0 Å². The Hall–Kier alpha value is -2.10. The van der Waals surface area contributed by atoms with Crippen molar-refractivity contribution in [2.75, 3.05) is 17.7 Å². The van der Waals surface area contributed by atoms with Gasteiger partial charge in [-0.1, -0.05) is 6.92 Å². The van der Waals surface area contributed by atoms with Crippen molar-refractivity contribution in [3.8, 4) is 5.75 Å². The Morgan fingerprint density at radius 1 is 1.33 bits per heavy atom. The normalized spacial score (nSPS) is 10.3. The molecular formula is C14H18N2O2. The van der Waals surface area contributed by atoms with Gasteiger partial charge in [0.05, 0.1) is 19.4 Å². The van der Waals surface area contributed by atoms with Crippen molar-refractivity contribution in [3.05, 3.63) is 42.4 Å². The van der Waals surface area contributed by atoms with E-state index in [2.05, 4.69) is 12.2 Å². The molecule has 0 aliphatic rings. The first-order chi connectivity index (χ1) is 8.78. The van der Waals surface area contributed by atoms with Crippen LogP contribution in [0.25, 0.3) is 0 Å². The van der Waals surface area contributed by atoms with Gasteiger partial charge in [0.1, 0.15) is 11.5 Å². The Bertz CT molecular complexity index is 481. The monoisotopic (exact) mass is 246 g/mol. The number of nitrogen functional groups attached to an aromatic ring is 1. The van der Waals surface area contributed by atoms with Gasteiger partial charge in [-0.25, -0.2) is 0 Å². The second-order valence-electron chi connectivity index (χ2n) is 4.07. The molecule has 3 N–H and O–H groups in total. The van der Waals surface area contributed by atoms with Crippen molar-refractivity contribution in [1.29, 1.82) is 0 Å². The quantitative estimate of drug-likeness (QED) is 0.768. The molecule has 4 heteroatoms. The summed E-state index contributed by atoms with van der Waals surface area (Å²) in [6.45, 7) is 3.40. The summed E-state index contributed by atoms with van der Waals surface area (Å²) in [4.78, 5) is 0. The highest BCUT2D eigenvalue weighted by Crippen LogP contribution is 2.23. The lowest BCUT2D eigenvalue weighted by atomic mass is 10.2. The van der Waals surface area contributed by atoms with Gasteiger partial charge >= 0.3 is 0 Å². The van der Waals surface area contributed by atoms with Crippen molar-refractivity contribution in [2.45, 2.75) is 19.9 Å². The van der Waals surface area contributed by atoms with Crippen LogP contribution < -0.4 is 15.8 Å². The maximum Gasteiger partial charge on any atom is 0.123 e. The van der Waals surface area contributed by atoms with Gasteiger partial charge in [0.2, 0.25) is 0 Å². The summed E-state index contributed by atoms with van der Waals surface area (Å²) in [5, 5.41) is 3.25. The Labute approximate surface area is 107 Å². The van der Waals surface area contributed by atoms with E-state index >= 15 is 0 Å². The van der Waals surface area contributed by atoms with Crippen LogP contribution in [0.5, 0.6) is 5.75 Å². The first kappa shape index (κ1) is 12.4. The molecule has 0 saturated carbocycles. The molecule has 1 aromatic carbocycles. The zero-order chi connectivity index (χ0) is 12.8. The van der Waals surface area contributed by atoms with E-state index in [1.165, 1.54) is 0 Å². The third-order valence-corrected chi connectivity index (χ3v) is 2.45. The fraction of sp³-hybridized carbons (Fsp3) is 0.286. The summed E-state index contributed by atoms with van der Waals surface area (Å²) in [5.74, 6) is 1.67. The topological polar surface area (TPSA) is 60.4 Å². The molecule has 96 valence electrons. The minimum Gasteiger partial charge on any atom is -0.493 e. The molecule has 0 spiro atoms. The van der Waals surface area contributed by atoms with Crippen molar-refractivity contribution in [3.63, 3.8) is 0 Å². The Morgan fingerprint density at radius 3 is 2.94 bits per heavy atom. The van der Waals surface area contributed by atoms with Crippen LogP contribution in [0, 0.1) is 0 Å². The number of ether oxygens (including phenoxy) is 1. The fourth-order valence-electron chi connectivity index (χ4n) is 1.63. The van der Waals surface area contributed by atoms with Crippen LogP contribution in [0.2, 0.25) is 0 Å². The molecule has 18 heavy (non-hydrogen) atoms. The first-order valence-corrected chi connectivity index (χ1v) is 6.07. The van der Waals surface area contributed by atoms with Gasteiger partial charge in [0.15, 0.2) is 0 Å². The number of hydrogen-bond donors (Lipinski definition) is 2. The van der Waals surface area contributed by atoms with Crippen LogP contribution in [0.1, 0.15) is 19.1 Å². The van der Waals surface area contributed by atoms with Crippen molar-refractivity contribution >= 4 is 11.4 Å². The second kappa shape index (κ2) is 6.00. The van der Waals surface area contributed by atoms with Crippen molar-refractivity contribution < 1.29 is 9.15 Å². The molecular weight excluding hydrogens is 228 g/mol. The predicted molar refractivity (Wildman–Crippen MR) is 72.7 cm³/mol. The van der Waals surface area contributed by atoms with Gasteiger partial charge in [-0.3, -0.25) is 0 Å². The zero-order valence-electron chi connectivity index (χ0n) is 10.5. The first-order valence-electron chi connectivity index (χ1n) is 6.07. The van der Waals surface area contributed by atoms with Gasteiger partial charge < -0.3 is 20.2 Å². The number of nitrogens with one attached hydrogen (secondary N) is 1. The molecule has 0 saturated heterocycles. The highest BCUT2D eigenvalue weighted by atomic mass is 16.5. The molecule has 0 aliphatic heterocycles. The van der Waals surface area contributed by atoms with E-state index in [0.29, 0.717) is 18.8 Å². The SMILES string of the molecule is CCCOc1cc(N)cc(NCc2ccco2)c1. The average Bonchev–Trinajstić information content (AvgIpc) is 2.86. The Balaban J connectivity index is 2.00. The van der Waals surface area contributed by atoms with E-state index in [1.807, 2.05) is 30.3 Å². The average molecular weight is 246 g/mol. The van der Waals surface area contributed by atoms with E-state index in [1.54, 1.807) is 6.26 Å². The lowest BCUT2D eigenvalue weighted by Crippen LogP contribution is -2.01. The molecule has 0 unspecified atom stereocenters. The number of anilines is 2. The van der Waals surface area contributed by atoms with Crippen LogP contribution in [-0.4, -0.2) is 6.61 Å². The standard InChI is InChI=1S/C14H18N2O2/c1-2-5-17-14-8-11(15)7-12(9-14)16-10-13-4-3-6-18-13/h3-4,6-9,16H,2,5,10,15H2,1H3. The van der Waals surface area contributed by atoms with Gasteiger partial charge in [0.25, 0.3) is 0 Å². The lowest BCUT2D eigenvalue weighted by Gasteiger charge is -2.10. The summed E-state index contributed by atoms with van der Waals surface area (Å²) in [6.07, 6.45) is 2.64. The molecule has 4 nitrogen and oxygen atoms in total. The molecule has 0 atom stereocenters. The minimum atomic E-state index is 0.629. The maximum atomic E-state index is 5.84. The summed E-state index contributed by atoms with van der Waals surface area (Å²) < 4.78 is 10.8. The highest BCUT2D eigenvalue weighted by molar-refractivity contribution is 5.59. The largest absolute Gasteiger partial charge is 0.493 e. The number of hydrogen-bond acceptors (Lipinski definition) is 4. The molecule has 0 radical (unpaired) electrons. The van der Waals surface area contributed by atoms with Gasteiger partial charge in [0, 0.05) is 23.5 Å². The van der Waals surface area contributed by atoms with E-state index < -0.39 is 0 Å². The third-order valence-electron chi connectivity index (χ3n) is 2.45. The van der Waals surface area contributed by atoms with Crippen LogP contribution in [-0.2, 0) is 6.54 Å². The Kier molecular flexibility index (Phi) is 4.12. The highest BCUT2D eigenvalue weighted by Gasteiger charge is 2.01.